The molecule has 0 unspecified atom stereocenters. The normalized spacial score (nSPS) is 10.3. The van der Waals surface area contributed by atoms with E-state index in [0.717, 1.165) is 5.56 Å². The summed E-state index contributed by atoms with van der Waals surface area (Å²) in [4.78, 5) is 27.9. The summed E-state index contributed by atoms with van der Waals surface area (Å²) in [5, 5.41) is 5.57. The summed E-state index contributed by atoms with van der Waals surface area (Å²) in [7, 11) is 1.48. The summed E-state index contributed by atoms with van der Waals surface area (Å²) in [5.74, 6) is 0.335. The molecule has 7 heteroatoms. The predicted octanol–water partition coefficient (Wildman–Crippen LogP) is 1.92. The van der Waals surface area contributed by atoms with Crippen LogP contribution in [0.5, 0.6) is 11.5 Å². The van der Waals surface area contributed by atoms with Crippen LogP contribution in [0.3, 0.4) is 0 Å². The molecule has 1 aromatic heterocycles. The fraction of sp³-hybridized carbons (Fsp3) is 0.316. The van der Waals surface area contributed by atoms with E-state index in [1.165, 1.54) is 7.11 Å². The van der Waals surface area contributed by atoms with E-state index in [-0.39, 0.29) is 24.5 Å². The molecule has 0 radical (unpaired) electrons. The first kappa shape index (κ1) is 19.2. The van der Waals surface area contributed by atoms with Crippen LogP contribution in [0, 0.1) is 0 Å². The number of carbonyl (C=O) groups excluding carboxylic acids is 2. The lowest BCUT2D eigenvalue weighted by Gasteiger charge is -2.13. The number of ether oxygens (including phenoxy) is 2. The Hall–Kier alpha value is -3.09. The average Bonchev–Trinajstić information content (AvgIpc) is 2.64. The van der Waals surface area contributed by atoms with Gasteiger partial charge in [0.05, 0.1) is 7.11 Å². The van der Waals surface area contributed by atoms with Gasteiger partial charge >= 0.3 is 0 Å². The number of pyridine rings is 1. The highest BCUT2D eigenvalue weighted by Gasteiger charge is 2.13. The Balaban J connectivity index is 1.98. The van der Waals surface area contributed by atoms with Crippen molar-refractivity contribution in [2.24, 2.45) is 0 Å². The Labute approximate surface area is 152 Å². The van der Waals surface area contributed by atoms with Crippen molar-refractivity contribution in [3.8, 4) is 11.5 Å². The van der Waals surface area contributed by atoms with Crippen LogP contribution in [0.2, 0.25) is 0 Å². The van der Waals surface area contributed by atoms with Crippen LogP contribution in [-0.4, -0.2) is 36.6 Å². The molecule has 0 bridgehead atoms. The van der Waals surface area contributed by atoms with E-state index in [1.807, 2.05) is 26.0 Å². The van der Waals surface area contributed by atoms with Gasteiger partial charge in [-0.15, -0.1) is 0 Å². The smallest absolute Gasteiger partial charge is 0.258 e. The predicted molar refractivity (Wildman–Crippen MR) is 97.2 cm³/mol. The second-order valence-electron chi connectivity index (χ2n) is 5.91. The molecule has 2 N–H and O–H groups in total. The third-order valence-corrected chi connectivity index (χ3v) is 3.44. The fourth-order valence-electron chi connectivity index (χ4n) is 2.22. The number of hydrogen-bond acceptors (Lipinski definition) is 5. The number of methoxy groups -OCH3 is 1. The van der Waals surface area contributed by atoms with Gasteiger partial charge in [-0.2, -0.15) is 0 Å². The number of nitrogens with zero attached hydrogens (tertiary/aromatic N) is 1. The molecular weight excluding hydrogens is 334 g/mol. The standard InChI is InChI=1S/C19H23N3O4/c1-13(2)22-18(23)12-26-16-5-4-15(10-17(16)25-3)19(24)21-11-14-6-8-20-9-7-14/h4-10,13H,11-12H2,1-3H3,(H,21,24)(H,22,23). The van der Waals surface area contributed by atoms with E-state index in [2.05, 4.69) is 15.6 Å². The van der Waals surface area contributed by atoms with E-state index < -0.39 is 0 Å². The van der Waals surface area contributed by atoms with Gasteiger partial charge in [-0.05, 0) is 49.7 Å². The number of aromatic nitrogens is 1. The SMILES string of the molecule is COc1cc(C(=O)NCc2ccncc2)ccc1OCC(=O)NC(C)C. The van der Waals surface area contributed by atoms with Crippen LogP contribution in [0.1, 0.15) is 29.8 Å². The zero-order valence-electron chi connectivity index (χ0n) is 15.1. The van der Waals surface area contributed by atoms with Crippen molar-refractivity contribution < 1.29 is 19.1 Å². The summed E-state index contributed by atoms with van der Waals surface area (Å²) in [6.45, 7) is 4.02. The zero-order valence-corrected chi connectivity index (χ0v) is 15.1. The zero-order chi connectivity index (χ0) is 18.9. The molecule has 26 heavy (non-hydrogen) atoms. The lowest BCUT2D eigenvalue weighted by atomic mass is 10.2. The molecule has 0 fully saturated rings. The van der Waals surface area contributed by atoms with E-state index >= 15 is 0 Å². The number of benzene rings is 1. The minimum absolute atomic E-state index is 0.0412. The van der Waals surface area contributed by atoms with Gasteiger partial charge in [0, 0.05) is 30.5 Å². The molecule has 0 saturated heterocycles. The number of nitrogens with one attached hydrogen (secondary N) is 2. The molecule has 0 spiro atoms. The van der Waals surface area contributed by atoms with Crippen LogP contribution in [0.4, 0.5) is 0 Å². The largest absolute Gasteiger partial charge is 0.493 e. The Morgan fingerprint density at radius 1 is 1.12 bits per heavy atom. The minimum Gasteiger partial charge on any atom is -0.493 e. The fourth-order valence-corrected chi connectivity index (χ4v) is 2.22. The summed E-state index contributed by atoms with van der Waals surface area (Å²) >= 11 is 0. The molecule has 2 rings (SSSR count). The number of hydrogen-bond donors (Lipinski definition) is 2. The number of rotatable bonds is 8. The number of amides is 2. The van der Waals surface area contributed by atoms with Crippen molar-refractivity contribution in [2.75, 3.05) is 13.7 Å². The van der Waals surface area contributed by atoms with E-state index in [9.17, 15) is 9.59 Å². The maximum absolute atomic E-state index is 12.3. The molecule has 7 nitrogen and oxygen atoms in total. The van der Waals surface area contributed by atoms with Crippen molar-refractivity contribution in [2.45, 2.75) is 26.4 Å². The van der Waals surface area contributed by atoms with Crippen LogP contribution in [-0.2, 0) is 11.3 Å². The molecule has 1 aromatic carbocycles. The van der Waals surface area contributed by atoms with Crippen LogP contribution < -0.4 is 20.1 Å². The third-order valence-electron chi connectivity index (χ3n) is 3.44. The van der Waals surface area contributed by atoms with E-state index in [1.54, 1.807) is 30.6 Å². The molecule has 2 amide bonds. The summed E-state index contributed by atoms with van der Waals surface area (Å²) in [6.07, 6.45) is 3.35. The van der Waals surface area contributed by atoms with Gasteiger partial charge in [-0.25, -0.2) is 0 Å². The van der Waals surface area contributed by atoms with Crippen molar-refractivity contribution in [1.82, 2.24) is 15.6 Å². The third kappa shape index (κ3) is 5.77. The summed E-state index contributed by atoms with van der Waals surface area (Å²) < 4.78 is 10.7. The highest BCUT2D eigenvalue weighted by atomic mass is 16.5. The van der Waals surface area contributed by atoms with Crippen molar-refractivity contribution in [3.63, 3.8) is 0 Å². The second-order valence-corrected chi connectivity index (χ2v) is 5.91. The molecule has 0 aliphatic rings. The monoisotopic (exact) mass is 357 g/mol. The van der Waals surface area contributed by atoms with Crippen LogP contribution in [0.15, 0.2) is 42.7 Å². The first-order chi connectivity index (χ1) is 12.5. The highest BCUT2D eigenvalue weighted by Crippen LogP contribution is 2.28. The van der Waals surface area contributed by atoms with Crippen molar-refractivity contribution >= 4 is 11.8 Å². The maximum atomic E-state index is 12.3. The Morgan fingerprint density at radius 2 is 1.85 bits per heavy atom. The Bertz CT molecular complexity index is 748. The van der Waals surface area contributed by atoms with Gasteiger partial charge in [0.25, 0.3) is 11.8 Å². The molecule has 0 aliphatic heterocycles. The Morgan fingerprint density at radius 3 is 2.50 bits per heavy atom. The van der Waals surface area contributed by atoms with Gasteiger partial charge < -0.3 is 20.1 Å². The molecular formula is C19H23N3O4. The molecule has 0 aliphatic carbocycles. The highest BCUT2D eigenvalue weighted by molar-refractivity contribution is 5.94. The second kappa shape index (κ2) is 9.41. The molecule has 1 heterocycles. The topological polar surface area (TPSA) is 89.6 Å². The van der Waals surface area contributed by atoms with Crippen molar-refractivity contribution in [1.29, 1.82) is 0 Å². The first-order valence-corrected chi connectivity index (χ1v) is 8.27. The van der Waals surface area contributed by atoms with Crippen LogP contribution in [0.25, 0.3) is 0 Å². The van der Waals surface area contributed by atoms with Gasteiger partial charge in [-0.1, -0.05) is 0 Å². The molecule has 2 aromatic rings. The quantitative estimate of drug-likeness (QED) is 0.753. The lowest BCUT2D eigenvalue weighted by molar-refractivity contribution is -0.123. The average molecular weight is 357 g/mol. The molecule has 0 saturated carbocycles. The summed E-state index contributed by atoms with van der Waals surface area (Å²) in [6, 6.07) is 8.53. The van der Waals surface area contributed by atoms with Crippen LogP contribution >= 0.6 is 0 Å². The van der Waals surface area contributed by atoms with E-state index in [0.29, 0.717) is 23.6 Å². The van der Waals surface area contributed by atoms with Gasteiger partial charge in [0.1, 0.15) is 0 Å². The summed E-state index contributed by atoms with van der Waals surface area (Å²) in [5.41, 5.74) is 1.39. The lowest BCUT2D eigenvalue weighted by Crippen LogP contribution is -2.34. The first-order valence-electron chi connectivity index (χ1n) is 8.27. The van der Waals surface area contributed by atoms with E-state index in [4.69, 9.17) is 9.47 Å². The number of carbonyl (C=O) groups is 2. The minimum atomic E-state index is -0.232. The van der Waals surface area contributed by atoms with Crippen molar-refractivity contribution in [3.05, 3.63) is 53.9 Å². The Kier molecular flexibility index (Phi) is 6.96. The molecule has 0 atom stereocenters. The molecule has 138 valence electrons. The van der Waals surface area contributed by atoms with Gasteiger partial charge in [0.2, 0.25) is 0 Å². The van der Waals surface area contributed by atoms with Gasteiger partial charge in [0.15, 0.2) is 18.1 Å². The maximum Gasteiger partial charge on any atom is 0.258 e. The van der Waals surface area contributed by atoms with Gasteiger partial charge in [-0.3, -0.25) is 14.6 Å².